The van der Waals surface area contributed by atoms with Crippen molar-refractivity contribution in [2.24, 2.45) is 0 Å². The van der Waals surface area contributed by atoms with Crippen LogP contribution in [0.5, 0.6) is 0 Å². The Bertz CT molecular complexity index is 409. The minimum Gasteiger partial charge on any atom is -0.389 e. The quantitative estimate of drug-likeness (QED) is 0.879. The fraction of sp³-hybridized carbons (Fsp3) is 0.571. The summed E-state index contributed by atoms with van der Waals surface area (Å²) in [5.74, 6) is -0.275. The van der Waals surface area contributed by atoms with Crippen molar-refractivity contribution in [1.82, 2.24) is 0 Å². The van der Waals surface area contributed by atoms with Gasteiger partial charge in [-0.05, 0) is 38.0 Å². The topological polar surface area (TPSA) is 32.7 Å². The number of hydrogen-bond donors (Lipinski definition) is 1. The average Bonchev–Trinajstić information content (AvgIpc) is 2.53. The standard InChI is InChI=1S/C14H20FNO2/c1-10-9-16(6-3-7-18-10)14-5-4-12(11(2)17)8-13(14)15/h4-5,8,10-11,17H,3,6-7,9H2,1-2H3/t10?,11-/m1/s1. The molecule has 1 aromatic carbocycles. The number of nitrogens with zero attached hydrogens (tertiary/aromatic N) is 1. The fourth-order valence-corrected chi connectivity index (χ4v) is 2.25. The van der Waals surface area contributed by atoms with Crippen molar-refractivity contribution in [3.05, 3.63) is 29.6 Å². The van der Waals surface area contributed by atoms with E-state index >= 15 is 0 Å². The molecular weight excluding hydrogens is 233 g/mol. The molecule has 4 heteroatoms. The van der Waals surface area contributed by atoms with Crippen LogP contribution in [0.25, 0.3) is 0 Å². The van der Waals surface area contributed by atoms with Crippen LogP contribution in [-0.4, -0.2) is 30.9 Å². The zero-order valence-electron chi connectivity index (χ0n) is 10.9. The number of benzene rings is 1. The van der Waals surface area contributed by atoms with Gasteiger partial charge < -0.3 is 14.7 Å². The minimum atomic E-state index is -0.639. The molecular formula is C14H20FNO2. The third kappa shape index (κ3) is 3.00. The molecule has 1 N–H and O–H groups in total. The highest BCUT2D eigenvalue weighted by molar-refractivity contribution is 5.49. The van der Waals surface area contributed by atoms with E-state index in [4.69, 9.17) is 4.74 Å². The molecule has 1 heterocycles. The Balaban J connectivity index is 2.21. The van der Waals surface area contributed by atoms with Gasteiger partial charge in [0.15, 0.2) is 0 Å². The van der Waals surface area contributed by atoms with Crippen molar-refractivity contribution < 1.29 is 14.2 Å². The zero-order valence-corrected chi connectivity index (χ0v) is 10.9. The molecule has 1 aliphatic heterocycles. The molecule has 0 aromatic heterocycles. The van der Waals surface area contributed by atoms with E-state index in [-0.39, 0.29) is 11.9 Å². The summed E-state index contributed by atoms with van der Waals surface area (Å²) in [5.41, 5.74) is 1.20. The summed E-state index contributed by atoms with van der Waals surface area (Å²) in [7, 11) is 0. The van der Waals surface area contributed by atoms with Crippen molar-refractivity contribution in [1.29, 1.82) is 0 Å². The summed E-state index contributed by atoms with van der Waals surface area (Å²) >= 11 is 0. The molecule has 0 spiro atoms. The molecule has 0 aliphatic carbocycles. The highest BCUT2D eigenvalue weighted by Crippen LogP contribution is 2.25. The van der Waals surface area contributed by atoms with Gasteiger partial charge in [-0.1, -0.05) is 6.07 Å². The summed E-state index contributed by atoms with van der Waals surface area (Å²) in [6.45, 7) is 5.86. The first-order valence-electron chi connectivity index (χ1n) is 6.42. The maximum atomic E-state index is 14.1. The molecule has 0 bridgehead atoms. The Morgan fingerprint density at radius 1 is 1.50 bits per heavy atom. The first kappa shape index (κ1) is 13.3. The Kier molecular flexibility index (Phi) is 4.19. The highest BCUT2D eigenvalue weighted by atomic mass is 19.1. The molecule has 1 fully saturated rings. The number of rotatable bonds is 2. The Morgan fingerprint density at radius 3 is 2.94 bits per heavy atom. The molecule has 100 valence electrons. The molecule has 3 nitrogen and oxygen atoms in total. The van der Waals surface area contributed by atoms with Crippen LogP contribution in [0.2, 0.25) is 0 Å². The van der Waals surface area contributed by atoms with Gasteiger partial charge in [-0.15, -0.1) is 0 Å². The van der Waals surface area contributed by atoms with Crippen LogP contribution in [-0.2, 0) is 4.74 Å². The third-order valence-electron chi connectivity index (χ3n) is 3.25. The van der Waals surface area contributed by atoms with Crippen LogP contribution in [0.1, 0.15) is 31.9 Å². The lowest BCUT2D eigenvalue weighted by atomic mass is 10.1. The van der Waals surface area contributed by atoms with E-state index in [1.807, 2.05) is 11.8 Å². The molecule has 2 rings (SSSR count). The van der Waals surface area contributed by atoms with Crippen molar-refractivity contribution in [2.75, 3.05) is 24.6 Å². The summed E-state index contributed by atoms with van der Waals surface area (Å²) in [5, 5.41) is 9.44. The van der Waals surface area contributed by atoms with E-state index in [9.17, 15) is 9.50 Å². The summed E-state index contributed by atoms with van der Waals surface area (Å²) in [4.78, 5) is 2.01. The lowest BCUT2D eigenvalue weighted by Gasteiger charge is -2.25. The van der Waals surface area contributed by atoms with E-state index < -0.39 is 6.10 Å². The van der Waals surface area contributed by atoms with Crippen molar-refractivity contribution >= 4 is 5.69 Å². The number of anilines is 1. The third-order valence-corrected chi connectivity index (χ3v) is 3.25. The lowest BCUT2D eigenvalue weighted by Crippen LogP contribution is -2.30. The summed E-state index contributed by atoms with van der Waals surface area (Å²) < 4.78 is 19.6. The van der Waals surface area contributed by atoms with Crippen molar-refractivity contribution in [3.63, 3.8) is 0 Å². The molecule has 0 radical (unpaired) electrons. The van der Waals surface area contributed by atoms with Crippen LogP contribution < -0.4 is 4.90 Å². The van der Waals surface area contributed by atoms with Crippen LogP contribution >= 0.6 is 0 Å². The number of ether oxygens (including phenoxy) is 1. The van der Waals surface area contributed by atoms with Gasteiger partial charge in [0.1, 0.15) is 5.82 Å². The molecule has 18 heavy (non-hydrogen) atoms. The monoisotopic (exact) mass is 253 g/mol. The molecule has 1 saturated heterocycles. The number of hydrogen-bond acceptors (Lipinski definition) is 3. The zero-order chi connectivity index (χ0) is 13.1. The van der Waals surface area contributed by atoms with E-state index in [0.717, 1.165) is 19.6 Å². The second-order valence-electron chi connectivity index (χ2n) is 4.87. The molecule has 0 amide bonds. The molecule has 2 atom stereocenters. The van der Waals surface area contributed by atoms with Gasteiger partial charge in [0.05, 0.1) is 17.9 Å². The van der Waals surface area contributed by atoms with Gasteiger partial charge in [-0.3, -0.25) is 0 Å². The number of halogens is 1. The van der Waals surface area contributed by atoms with Crippen molar-refractivity contribution in [3.8, 4) is 0 Å². The predicted octanol–water partition coefficient (Wildman–Crippen LogP) is 2.49. The van der Waals surface area contributed by atoms with Crippen LogP contribution in [0, 0.1) is 5.82 Å². The average molecular weight is 253 g/mol. The second-order valence-corrected chi connectivity index (χ2v) is 4.87. The molecule has 1 aliphatic rings. The van der Waals surface area contributed by atoms with E-state index in [1.165, 1.54) is 6.07 Å². The predicted molar refractivity (Wildman–Crippen MR) is 69.3 cm³/mol. The number of aliphatic hydroxyl groups excluding tert-OH is 1. The van der Waals surface area contributed by atoms with Gasteiger partial charge in [0.25, 0.3) is 0 Å². The van der Waals surface area contributed by atoms with Gasteiger partial charge in [0.2, 0.25) is 0 Å². The largest absolute Gasteiger partial charge is 0.389 e. The van der Waals surface area contributed by atoms with Crippen LogP contribution in [0.3, 0.4) is 0 Å². The lowest BCUT2D eigenvalue weighted by molar-refractivity contribution is 0.0820. The summed E-state index contributed by atoms with van der Waals surface area (Å²) in [6, 6.07) is 4.94. The van der Waals surface area contributed by atoms with Crippen LogP contribution in [0.4, 0.5) is 10.1 Å². The molecule has 0 saturated carbocycles. The van der Waals surface area contributed by atoms with Gasteiger partial charge >= 0.3 is 0 Å². The smallest absolute Gasteiger partial charge is 0.146 e. The van der Waals surface area contributed by atoms with Crippen LogP contribution in [0.15, 0.2) is 18.2 Å². The first-order chi connectivity index (χ1) is 8.58. The van der Waals surface area contributed by atoms with Crippen molar-refractivity contribution in [2.45, 2.75) is 32.5 Å². The van der Waals surface area contributed by atoms with Gasteiger partial charge in [-0.2, -0.15) is 0 Å². The normalized spacial score (nSPS) is 22.7. The van der Waals surface area contributed by atoms with Gasteiger partial charge in [0, 0.05) is 19.7 Å². The minimum absolute atomic E-state index is 0.114. The van der Waals surface area contributed by atoms with E-state index in [1.54, 1.807) is 19.1 Å². The van der Waals surface area contributed by atoms with Gasteiger partial charge in [-0.25, -0.2) is 4.39 Å². The summed E-state index contributed by atoms with van der Waals surface area (Å²) in [6.07, 6.45) is 0.380. The molecule has 1 unspecified atom stereocenters. The fourth-order valence-electron chi connectivity index (χ4n) is 2.25. The Labute approximate surface area is 107 Å². The van der Waals surface area contributed by atoms with E-state index in [2.05, 4.69) is 0 Å². The Hall–Kier alpha value is -1.13. The number of aliphatic hydroxyl groups is 1. The second kappa shape index (κ2) is 5.67. The molecule has 1 aromatic rings. The first-order valence-corrected chi connectivity index (χ1v) is 6.42. The maximum Gasteiger partial charge on any atom is 0.146 e. The van der Waals surface area contributed by atoms with E-state index in [0.29, 0.717) is 17.8 Å². The highest BCUT2D eigenvalue weighted by Gasteiger charge is 2.18. The Morgan fingerprint density at radius 2 is 2.28 bits per heavy atom. The SMILES string of the molecule is CC1CN(c2ccc([C@@H](C)O)cc2F)CCCO1. The maximum absolute atomic E-state index is 14.1.